The minimum Gasteiger partial charge on any atom is -0.461 e. The molecule has 3 rings (SSSR count). The molecule has 7 heteroatoms. The zero-order valence-electron chi connectivity index (χ0n) is 16.7. The first kappa shape index (κ1) is 21.6. The quantitative estimate of drug-likeness (QED) is 0.421. The molecule has 3 aromatic rings. The van der Waals surface area contributed by atoms with Gasteiger partial charge in [-0.3, -0.25) is 4.79 Å². The summed E-state index contributed by atoms with van der Waals surface area (Å²) in [5.74, 6) is -1.49. The van der Waals surface area contributed by atoms with Crippen molar-refractivity contribution in [3.8, 4) is 11.1 Å². The lowest BCUT2D eigenvalue weighted by Crippen LogP contribution is -2.23. The number of nitrogens with zero attached hydrogens (tertiary/aromatic N) is 1. The van der Waals surface area contributed by atoms with Crippen LogP contribution in [0.25, 0.3) is 11.1 Å². The number of hydrogen-bond donors (Lipinski definition) is 1. The normalized spacial score (nSPS) is 11.7. The van der Waals surface area contributed by atoms with E-state index in [1.54, 1.807) is 29.8 Å². The maximum absolute atomic E-state index is 13.9. The Morgan fingerprint density at radius 2 is 1.90 bits per heavy atom. The van der Waals surface area contributed by atoms with E-state index < -0.39 is 23.1 Å². The molecule has 0 saturated heterocycles. The van der Waals surface area contributed by atoms with Crippen molar-refractivity contribution in [1.29, 1.82) is 0 Å². The van der Waals surface area contributed by atoms with Crippen LogP contribution in [0.2, 0.25) is 0 Å². The molecule has 5 nitrogen and oxygen atoms in total. The van der Waals surface area contributed by atoms with Crippen LogP contribution in [0.5, 0.6) is 0 Å². The Labute approximate surface area is 179 Å². The second-order valence-electron chi connectivity index (χ2n) is 6.72. The van der Waals surface area contributed by atoms with E-state index in [1.807, 2.05) is 30.3 Å². The van der Waals surface area contributed by atoms with Crippen LogP contribution in [-0.4, -0.2) is 28.4 Å². The van der Waals surface area contributed by atoms with Gasteiger partial charge in [0.1, 0.15) is 11.2 Å². The zero-order valence-corrected chi connectivity index (χ0v) is 17.4. The average molecular weight is 429 g/mol. The molecular weight excluding hydrogens is 407 g/mol. The number of ether oxygens (including phenoxy) is 1. The van der Waals surface area contributed by atoms with Gasteiger partial charge in [-0.15, -0.1) is 11.6 Å². The van der Waals surface area contributed by atoms with Crippen molar-refractivity contribution in [2.24, 2.45) is 0 Å². The molecule has 2 aromatic carbocycles. The number of amides is 1. The van der Waals surface area contributed by atoms with E-state index >= 15 is 0 Å². The third-order valence-corrected chi connectivity index (χ3v) is 4.69. The van der Waals surface area contributed by atoms with E-state index in [0.29, 0.717) is 17.7 Å². The lowest BCUT2D eigenvalue weighted by atomic mass is 10.1. The number of nitrogens with one attached hydrogen (secondary N) is 1. The summed E-state index contributed by atoms with van der Waals surface area (Å²) in [6.45, 7) is 3.77. The summed E-state index contributed by atoms with van der Waals surface area (Å²) >= 11 is 5.94. The van der Waals surface area contributed by atoms with Gasteiger partial charge < -0.3 is 14.6 Å². The first-order valence-corrected chi connectivity index (χ1v) is 9.99. The number of esters is 1. The molecule has 0 bridgehead atoms. The lowest BCUT2D eigenvalue weighted by Gasteiger charge is -2.13. The third kappa shape index (κ3) is 4.89. The predicted molar refractivity (Wildman–Crippen MR) is 115 cm³/mol. The molecule has 1 heterocycles. The van der Waals surface area contributed by atoms with Gasteiger partial charge in [-0.05, 0) is 37.1 Å². The molecule has 1 atom stereocenters. The third-order valence-electron chi connectivity index (χ3n) is 4.49. The average Bonchev–Trinajstić information content (AvgIpc) is 3.06. The highest BCUT2D eigenvalue weighted by Gasteiger charge is 2.26. The van der Waals surface area contributed by atoms with Gasteiger partial charge in [0.15, 0.2) is 5.69 Å². The molecule has 156 valence electrons. The van der Waals surface area contributed by atoms with Crippen molar-refractivity contribution in [2.75, 3.05) is 11.9 Å². The van der Waals surface area contributed by atoms with E-state index in [0.717, 1.165) is 5.56 Å². The monoisotopic (exact) mass is 428 g/mol. The smallest absolute Gasteiger partial charge is 0.357 e. The summed E-state index contributed by atoms with van der Waals surface area (Å²) in [6.07, 6.45) is 1.71. The molecule has 0 aliphatic heterocycles. The second kappa shape index (κ2) is 9.59. The van der Waals surface area contributed by atoms with Gasteiger partial charge in [-0.1, -0.05) is 42.5 Å². The first-order valence-electron chi connectivity index (χ1n) is 9.55. The molecule has 0 saturated carbocycles. The molecule has 1 unspecified atom stereocenters. The number of anilines is 1. The predicted octanol–water partition coefficient (Wildman–Crippen LogP) is 5.09. The van der Waals surface area contributed by atoms with E-state index in [9.17, 15) is 14.0 Å². The molecule has 1 N–H and O–H groups in total. The largest absolute Gasteiger partial charge is 0.461 e. The number of halogens is 2. The Bertz CT molecular complexity index is 1050. The minimum absolute atomic E-state index is 0.171. The Morgan fingerprint density at radius 3 is 2.53 bits per heavy atom. The summed E-state index contributed by atoms with van der Waals surface area (Å²) < 4.78 is 20.8. The van der Waals surface area contributed by atoms with Crippen LogP contribution < -0.4 is 5.32 Å². The summed E-state index contributed by atoms with van der Waals surface area (Å²) in [5, 5.41) is 1.91. The van der Waals surface area contributed by atoms with Gasteiger partial charge in [0, 0.05) is 18.3 Å². The van der Waals surface area contributed by atoms with Crippen LogP contribution in [0.3, 0.4) is 0 Å². The highest BCUT2D eigenvalue weighted by Crippen LogP contribution is 2.35. The fourth-order valence-corrected chi connectivity index (χ4v) is 3.16. The molecule has 1 amide bonds. The first-order chi connectivity index (χ1) is 14.4. The Balaban J connectivity index is 2.20. The van der Waals surface area contributed by atoms with E-state index in [-0.39, 0.29) is 18.0 Å². The van der Waals surface area contributed by atoms with Gasteiger partial charge in [-0.2, -0.15) is 0 Å². The van der Waals surface area contributed by atoms with Crippen LogP contribution >= 0.6 is 11.6 Å². The van der Waals surface area contributed by atoms with Gasteiger partial charge >= 0.3 is 5.97 Å². The minimum atomic E-state index is -0.821. The van der Waals surface area contributed by atoms with Gasteiger partial charge in [-0.25, -0.2) is 9.18 Å². The number of benzene rings is 2. The number of hydrogen-bond acceptors (Lipinski definition) is 3. The molecule has 0 aliphatic rings. The Hall–Kier alpha value is -3.12. The van der Waals surface area contributed by atoms with Crippen LogP contribution in [0.1, 0.15) is 29.9 Å². The molecular formula is C23H22ClFN2O3. The molecule has 0 spiro atoms. The summed E-state index contributed by atoms with van der Waals surface area (Å²) in [4.78, 5) is 25.2. The Morgan fingerprint density at radius 1 is 1.17 bits per heavy atom. The molecule has 0 radical (unpaired) electrons. The zero-order chi connectivity index (χ0) is 21.7. The second-order valence-corrected chi connectivity index (χ2v) is 7.37. The lowest BCUT2D eigenvalue weighted by molar-refractivity contribution is -0.115. The Kier molecular flexibility index (Phi) is 6.90. The van der Waals surface area contributed by atoms with Gasteiger partial charge in [0.05, 0.1) is 12.3 Å². The topological polar surface area (TPSA) is 60.3 Å². The maximum Gasteiger partial charge on any atom is 0.357 e. The SMILES string of the molecule is CCOC(=O)c1c(NC(=O)C(C)Cl)c(-c2cccc(F)c2)cn1Cc1ccccc1. The van der Waals surface area contributed by atoms with E-state index in [4.69, 9.17) is 16.3 Å². The number of aromatic nitrogens is 1. The summed E-state index contributed by atoms with van der Waals surface area (Å²) in [5.41, 5.74) is 2.38. The summed E-state index contributed by atoms with van der Waals surface area (Å²) in [6, 6.07) is 15.5. The van der Waals surface area contributed by atoms with Gasteiger partial charge in [0.2, 0.25) is 5.91 Å². The van der Waals surface area contributed by atoms with Gasteiger partial charge in [0.25, 0.3) is 0 Å². The van der Waals surface area contributed by atoms with Crippen LogP contribution in [0.4, 0.5) is 10.1 Å². The van der Waals surface area contributed by atoms with Crippen molar-refractivity contribution in [3.05, 3.63) is 77.9 Å². The number of carbonyl (C=O) groups is 2. The molecule has 0 aliphatic carbocycles. The highest BCUT2D eigenvalue weighted by molar-refractivity contribution is 6.32. The number of rotatable bonds is 7. The van der Waals surface area contributed by atoms with Crippen molar-refractivity contribution in [3.63, 3.8) is 0 Å². The maximum atomic E-state index is 13.9. The van der Waals surface area contributed by atoms with Crippen molar-refractivity contribution < 1.29 is 18.7 Å². The molecule has 30 heavy (non-hydrogen) atoms. The van der Waals surface area contributed by atoms with E-state index in [2.05, 4.69) is 5.32 Å². The van der Waals surface area contributed by atoms with Crippen molar-refractivity contribution in [2.45, 2.75) is 25.8 Å². The standard InChI is InChI=1S/C23H22ClFN2O3/c1-3-30-23(29)21-20(26-22(28)15(2)24)19(17-10-7-11-18(25)12-17)14-27(21)13-16-8-5-4-6-9-16/h4-12,14-15H,3,13H2,1-2H3,(H,26,28). The van der Waals surface area contributed by atoms with E-state index in [1.165, 1.54) is 19.1 Å². The number of alkyl halides is 1. The molecule has 0 fully saturated rings. The van der Waals surface area contributed by atoms with Crippen LogP contribution in [0.15, 0.2) is 60.8 Å². The fraction of sp³-hybridized carbons (Fsp3) is 0.217. The summed E-state index contributed by atoms with van der Waals surface area (Å²) in [7, 11) is 0. The van der Waals surface area contributed by atoms with Crippen molar-refractivity contribution >= 4 is 29.2 Å². The fourth-order valence-electron chi connectivity index (χ4n) is 3.10. The highest BCUT2D eigenvalue weighted by atomic mass is 35.5. The van der Waals surface area contributed by atoms with Crippen LogP contribution in [-0.2, 0) is 16.1 Å². The van der Waals surface area contributed by atoms with Crippen molar-refractivity contribution in [1.82, 2.24) is 4.57 Å². The molecule has 1 aromatic heterocycles. The number of carbonyl (C=O) groups excluding carboxylic acids is 2. The van der Waals surface area contributed by atoms with Crippen LogP contribution in [0, 0.1) is 5.82 Å².